The van der Waals surface area contributed by atoms with E-state index in [2.05, 4.69) is 37.8 Å². The topological polar surface area (TPSA) is 30.9 Å². The van der Waals surface area contributed by atoms with Crippen molar-refractivity contribution in [2.24, 2.45) is 5.41 Å². The van der Waals surface area contributed by atoms with Gasteiger partial charge in [0, 0.05) is 19.1 Å². The summed E-state index contributed by atoms with van der Waals surface area (Å²) in [6.07, 6.45) is 10.8. The van der Waals surface area contributed by atoms with Gasteiger partial charge in [0.1, 0.15) is 0 Å². The third-order valence-electron chi connectivity index (χ3n) is 7.64. The summed E-state index contributed by atoms with van der Waals surface area (Å²) < 4.78 is 18.5. The zero-order valence-electron chi connectivity index (χ0n) is 18.6. The number of rotatable bonds is 4. The second-order valence-electron chi connectivity index (χ2n) is 10.9. The number of hydrogen-bond acceptors (Lipinski definition) is 4. The van der Waals surface area contributed by atoms with E-state index < -0.39 is 0 Å². The molecule has 4 heteroatoms. The van der Waals surface area contributed by atoms with E-state index in [0.717, 1.165) is 43.9 Å². The van der Waals surface area contributed by atoms with Crippen LogP contribution in [0.15, 0.2) is 12.1 Å². The number of piperidine rings is 1. The van der Waals surface area contributed by atoms with Crippen LogP contribution in [0.2, 0.25) is 0 Å². The van der Waals surface area contributed by atoms with Gasteiger partial charge >= 0.3 is 0 Å². The predicted molar refractivity (Wildman–Crippen MR) is 115 cm³/mol. The lowest BCUT2D eigenvalue weighted by Crippen LogP contribution is -2.48. The molecule has 160 valence electrons. The largest absolute Gasteiger partial charge is 0.493 e. The highest BCUT2D eigenvalue weighted by atomic mass is 16.5. The molecule has 1 aromatic carbocycles. The normalized spacial score (nSPS) is 28.8. The van der Waals surface area contributed by atoms with E-state index in [1.165, 1.54) is 43.2 Å². The number of hydrogen-bond donors (Lipinski definition) is 0. The molecular weight excluding hydrogens is 362 g/mol. The average molecular weight is 400 g/mol. The Hall–Kier alpha value is -1.26. The average Bonchev–Trinajstić information content (AvgIpc) is 2.60. The van der Waals surface area contributed by atoms with Crippen molar-refractivity contribution in [2.45, 2.75) is 96.0 Å². The molecule has 4 nitrogen and oxygen atoms in total. The molecule has 5 rings (SSSR count). The smallest absolute Gasteiger partial charge is 0.161 e. The molecule has 0 aromatic heterocycles. The zero-order chi connectivity index (χ0) is 20.2. The molecule has 0 amide bonds. The Morgan fingerprint density at radius 1 is 1.03 bits per heavy atom. The standard InChI is InChI=1S/C25H37NO3/c1-24(2,3)29-18-6-7-21-20-13-22(27-4)23(12-17(20)8-11-26(21)16-18)28-19-14-25(15-19)9-5-10-25/h12-13,18-19,21H,5-11,14-16H2,1-4H3. The van der Waals surface area contributed by atoms with Crippen molar-refractivity contribution in [1.82, 2.24) is 4.90 Å². The summed E-state index contributed by atoms with van der Waals surface area (Å²) >= 11 is 0. The van der Waals surface area contributed by atoms with Crippen LogP contribution in [0, 0.1) is 5.41 Å². The van der Waals surface area contributed by atoms with Crippen LogP contribution in [0.4, 0.5) is 0 Å². The van der Waals surface area contributed by atoms with Gasteiger partial charge in [-0.1, -0.05) is 6.42 Å². The summed E-state index contributed by atoms with van der Waals surface area (Å²) in [5.74, 6) is 1.87. The first-order valence-electron chi connectivity index (χ1n) is 11.6. The summed E-state index contributed by atoms with van der Waals surface area (Å²) in [7, 11) is 1.78. The predicted octanol–water partition coefficient (Wildman–Crippen LogP) is 5.28. The maximum atomic E-state index is 6.42. The number of methoxy groups -OCH3 is 1. The van der Waals surface area contributed by atoms with Gasteiger partial charge in [0.2, 0.25) is 0 Å². The van der Waals surface area contributed by atoms with E-state index in [4.69, 9.17) is 14.2 Å². The molecule has 2 aliphatic carbocycles. The third-order valence-corrected chi connectivity index (χ3v) is 7.64. The first kappa shape index (κ1) is 19.7. The fraction of sp³-hybridized carbons (Fsp3) is 0.760. The molecule has 4 aliphatic rings. The molecule has 0 radical (unpaired) electrons. The van der Waals surface area contributed by atoms with Crippen molar-refractivity contribution in [2.75, 3.05) is 20.2 Å². The lowest BCUT2D eigenvalue weighted by molar-refractivity contribution is -0.0972. The van der Waals surface area contributed by atoms with Gasteiger partial charge < -0.3 is 14.2 Å². The summed E-state index contributed by atoms with van der Waals surface area (Å²) in [6.45, 7) is 8.62. The van der Waals surface area contributed by atoms with Gasteiger partial charge in [-0.25, -0.2) is 0 Å². The van der Waals surface area contributed by atoms with E-state index in [-0.39, 0.29) is 5.60 Å². The van der Waals surface area contributed by atoms with Gasteiger partial charge in [-0.05, 0) is 94.4 Å². The maximum Gasteiger partial charge on any atom is 0.161 e. The van der Waals surface area contributed by atoms with Crippen LogP contribution < -0.4 is 9.47 Å². The molecule has 0 bridgehead atoms. The molecular formula is C25H37NO3. The van der Waals surface area contributed by atoms with Gasteiger partial charge in [0.25, 0.3) is 0 Å². The first-order chi connectivity index (χ1) is 13.8. The van der Waals surface area contributed by atoms with Crippen LogP contribution in [-0.2, 0) is 11.2 Å². The number of benzene rings is 1. The molecule has 1 spiro atoms. The number of fused-ring (bicyclic) bond motifs is 3. The molecule has 2 saturated carbocycles. The van der Waals surface area contributed by atoms with Crippen molar-refractivity contribution in [1.29, 1.82) is 0 Å². The first-order valence-corrected chi connectivity index (χ1v) is 11.6. The molecule has 3 fully saturated rings. The SMILES string of the molecule is COc1cc2c(cc1OC1CC3(CCC3)C1)CCN1CC(OC(C)(C)C)CCC21. The Labute approximate surface area is 175 Å². The van der Waals surface area contributed by atoms with Gasteiger partial charge in [0.05, 0.1) is 24.9 Å². The van der Waals surface area contributed by atoms with E-state index in [9.17, 15) is 0 Å². The van der Waals surface area contributed by atoms with E-state index in [1.54, 1.807) is 7.11 Å². The Kier molecular flexibility index (Phi) is 4.86. The lowest BCUT2D eigenvalue weighted by Gasteiger charge is -2.53. The van der Waals surface area contributed by atoms with Crippen LogP contribution >= 0.6 is 0 Å². The summed E-state index contributed by atoms with van der Waals surface area (Å²) in [5.41, 5.74) is 3.47. The quantitative estimate of drug-likeness (QED) is 0.689. The fourth-order valence-electron chi connectivity index (χ4n) is 6.12. The van der Waals surface area contributed by atoms with Crippen molar-refractivity contribution >= 4 is 0 Å². The minimum absolute atomic E-state index is 0.0692. The fourth-order valence-corrected chi connectivity index (χ4v) is 6.12. The molecule has 2 unspecified atom stereocenters. The van der Waals surface area contributed by atoms with Gasteiger partial charge in [-0.15, -0.1) is 0 Å². The maximum absolute atomic E-state index is 6.42. The monoisotopic (exact) mass is 399 g/mol. The van der Waals surface area contributed by atoms with Crippen LogP contribution in [0.3, 0.4) is 0 Å². The molecule has 29 heavy (non-hydrogen) atoms. The highest BCUT2D eigenvalue weighted by Gasteiger charge is 2.49. The lowest BCUT2D eigenvalue weighted by atomic mass is 9.55. The molecule has 2 aliphatic heterocycles. The highest BCUT2D eigenvalue weighted by Crippen LogP contribution is 2.57. The van der Waals surface area contributed by atoms with Crippen molar-refractivity contribution < 1.29 is 14.2 Å². The Balaban J connectivity index is 1.30. The zero-order valence-corrected chi connectivity index (χ0v) is 18.6. The molecule has 1 saturated heterocycles. The van der Waals surface area contributed by atoms with Crippen LogP contribution in [0.5, 0.6) is 11.5 Å². The summed E-state index contributed by atoms with van der Waals surface area (Å²) in [4.78, 5) is 2.62. The minimum atomic E-state index is -0.0692. The number of nitrogens with zero attached hydrogens (tertiary/aromatic N) is 1. The van der Waals surface area contributed by atoms with Gasteiger partial charge in [-0.2, -0.15) is 0 Å². The molecule has 2 atom stereocenters. The summed E-state index contributed by atoms with van der Waals surface area (Å²) in [6, 6.07) is 5.04. The van der Waals surface area contributed by atoms with Gasteiger partial charge in [-0.3, -0.25) is 4.90 Å². The molecule has 0 N–H and O–H groups in total. The van der Waals surface area contributed by atoms with Crippen LogP contribution in [0.1, 0.15) is 82.9 Å². The van der Waals surface area contributed by atoms with Crippen LogP contribution in [-0.4, -0.2) is 42.9 Å². The van der Waals surface area contributed by atoms with E-state index in [1.807, 2.05) is 0 Å². The van der Waals surface area contributed by atoms with Crippen molar-refractivity contribution in [3.05, 3.63) is 23.3 Å². The van der Waals surface area contributed by atoms with Crippen molar-refractivity contribution in [3.63, 3.8) is 0 Å². The van der Waals surface area contributed by atoms with Crippen molar-refractivity contribution in [3.8, 4) is 11.5 Å². The summed E-state index contributed by atoms with van der Waals surface area (Å²) in [5, 5.41) is 0. The third kappa shape index (κ3) is 3.79. The van der Waals surface area contributed by atoms with Gasteiger partial charge in [0.15, 0.2) is 11.5 Å². The Morgan fingerprint density at radius 2 is 1.83 bits per heavy atom. The second-order valence-corrected chi connectivity index (χ2v) is 10.9. The Morgan fingerprint density at radius 3 is 2.48 bits per heavy atom. The number of ether oxygens (including phenoxy) is 3. The van der Waals surface area contributed by atoms with E-state index in [0.29, 0.717) is 23.7 Å². The minimum Gasteiger partial charge on any atom is -0.493 e. The molecule has 1 aromatic rings. The Bertz CT molecular complexity index is 756. The van der Waals surface area contributed by atoms with E-state index >= 15 is 0 Å². The highest BCUT2D eigenvalue weighted by molar-refractivity contribution is 5.50. The molecule has 2 heterocycles. The second kappa shape index (κ2) is 7.16. The van der Waals surface area contributed by atoms with Crippen LogP contribution in [0.25, 0.3) is 0 Å².